The van der Waals surface area contributed by atoms with Crippen LogP contribution in [0.15, 0.2) is 28.4 Å². The maximum absolute atomic E-state index is 12.6. The molecule has 0 aliphatic rings. The van der Waals surface area contributed by atoms with Crippen molar-refractivity contribution in [2.45, 2.75) is 12.2 Å². The van der Waals surface area contributed by atoms with Crippen molar-refractivity contribution in [1.82, 2.24) is 0 Å². The number of nitrogens with zero attached hydrogens (tertiary/aromatic N) is 4. The fourth-order valence-electron chi connectivity index (χ4n) is 1.13. The molecule has 1 aromatic rings. The van der Waals surface area contributed by atoms with Crippen LogP contribution in [0.5, 0.6) is 5.75 Å². The molecule has 0 heterocycles. The summed E-state index contributed by atoms with van der Waals surface area (Å²) in [5, 5.41) is 23.7. The van der Waals surface area contributed by atoms with E-state index in [-0.39, 0.29) is 11.4 Å². The van der Waals surface area contributed by atoms with E-state index in [1.54, 1.807) is 0 Å². The third kappa shape index (κ3) is 3.96. The Hall–Kier alpha value is -2.61. The van der Waals surface area contributed by atoms with E-state index >= 15 is 0 Å². The molecule has 0 atom stereocenters. The van der Waals surface area contributed by atoms with Gasteiger partial charge in [0.1, 0.15) is 17.9 Å². The maximum Gasteiger partial charge on any atom is 0.416 e. The highest BCUT2D eigenvalue weighted by Crippen LogP contribution is 2.35. The van der Waals surface area contributed by atoms with Crippen LogP contribution < -0.4 is 4.74 Å². The number of benzene rings is 1. The summed E-state index contributed by atoms with van der Waals surface area (Å²) < 4.78 is 42.5. The summed E-state index contributed by atoms with van der Waals surface area (Å²) in [6, 6.07) is 4.45. The highest BCUT2D eigenvalue weighted by molar-refractivity contribution is 5.47. The lowest BCUT2D eigenvalue weighted by atomic mass is 10.2. The molecule has 0 amide bonds. The Morgan fingerprint density at radius 3 is 2.32 bits per heavy atom. The zero-order valence-corrected chi connectivity index (χ0v) is 9.64. The highest BCUT2D eigenvalue weighted by atomic mass is 19.4. The average molecular weight is 268 g/mol. The van der Waals surface area contributed by atoms with Gasteiger partial charge in [-0.05, 0) is 12.1 Å². The summed E-state index contributed by atoms with van der Waals surface area (Å²) >= 11 is 0. The van der Waals surface area contributed by atoms with Crippen LogP contribution >= 0.6 is 0 Å². The van der Waals surface area contributed by atoms with E-state index in [2.05, 4.69) is 10.2 Å². The van der Waals surface area contributed by atoms with E-state index in [4.69, 9.17) is 15.3 Å². The summed E-state index contributed by atoms with van der Waals surface area (Å²) in [6.07, 6.45) is -4.55. The van der Waals surface area contributed by atoms with Gasteiger partial charge >= 0.3 is 6.18 Å². The lowest BCUT2D eigenvalue weighted by Gasteiger charge is -2.09. The van der Waals surface area contributed by atoms with E-state index in [0.717, 1.165) is 12.1 Å². The van der Waals surface area contributed by atoms with Crippen LogP contribution in [0.4, 0.5) is 18.9 Å². The second-order valence-electron chi connectivity index (χ2n) is 3.29. The molecule has 0 fully saturated rings. The van der Waals surface area contributed by atoms with Crippen LogP contribution in [0, 0.1) is 22.7 Å². The molecule has 0 aliphatic heterocycles. The Morgan fingerprint density at radius 1 is 1.21 bits per heavy atom. The molecule has 5 nitrogen and oxygen atoms in total. The van der Waals surface area contributed by atoms with Gasteiger partial charge in [-0.2, -0.15) is 33.9 Å². The molecule has 0 saturated heterocycles. The number of halogens is 3. The van der Waals surface area contributed by atoms with Crippen molar-refractivity contribution in [3.05, 3.63) is 23.8 Å². The molecular formula is C11H7F3N4O. The molecule has 98 valence electrons. The van der Waals surface area contributed by atoms with Gasteiger partial charge in [0.15, 0.2) is 0 Å². The Labute approximate surface area is 106 Å². The van der Waals surface area contributed by atoms with Gasteiger partial charge in [0.05, 0.1) is 18.4 Å². The largest absolute Gasteiger partial charge is 0.497 e. The van der Waals surface area contributed by atoms with Crippen molar-refractivity contribution in [1.29, 1.82) is 10.5 Å². The molecular weight excluding hydrogens is 261 g/mol. The number of alkyl halides is 3. The fraction of sp³-hybridized carbons (Fsp3) is 0.273. The van der Waals surface area contributed by atoms with Gasteiger partial charge in [0, 0.05) is 6.07 Å². The van der Waals surface area contributed by atoms with Gasteiger partial charge < -0.3 is 4.74 Å². The standard InChI is InChI=1S/C11H7F3N4O/c1-19-10-3-7(11(12,13)14)2-8(4-10)17-18-9(5-15)6-16/h2-4,9H,1H3. The number of methoxy groups -OCH3 is 1. The number of azo groups is 1. The molecule has 1 rings (SSSR count). The van der Waals surface area contributed by atoms with Gasteiger partial charge in [-0.1, -0.05) is 0 Å². The predicted molar refractivity (Wildman–Crippen MR) is 57.5 cm³/mol. The first kappa shape index (κ1) is 14.5. The smallest absolute Gasteiger partial charge is 0.416 e. The molecule has 0 N–H and O–H groups in total. The molecule has 0 aliphatic carbocycles. The highest BCUT2D eigenvalue weighted by Gasteiger charge is 2.31. The number of hydrogen-bond donors (Lipinski definition) is 0. The normalized spacial score (nSPS) is 11.3. The van der Waals surface area contributed by atoms with Crippen LogP contribution in [-0.2, 0) is 6.18 Å². The monoisotopic (exact) mass is 268 g/mol. The third-order valence-electron chi connectivity index (χ3n) is 1.99. The van der Waals surface area contributed by atoms with Crippen molar-refractivity contribution in [3.63, 3.8) is 0 Å². The Balaban J connectivity index is 3.16. The van der Waals surface area contributed by atoms with Crippen molar-refractivity contribution in [2.24, 2.45) is 10.2 Å². The first-order chi connectivity index (χ1) is 8.90. The van der Waals surface area contributed by atoms with Crippen LogP contribution in [0.2, 0.25) is 0 Å². The van der Waals surface area contributed by atoms with E-state index < -0.39 is 17.8 Å². The van der Waals surface area contributed by atoms with Crippen molar-refractivity contribution >= 4 is 5.69 Å². The van der Waals surface area contributed by atoms with Gasteiger partial charge in [0.2, 0.25) is 6.04 Å². The quantitative estimate of drug-likeness (QED) is 0.789. The average Bonchev–Trinajstić information content (AvgIpc) is 2.38. The van der Waals surface area contributed by atoms with Crippen LogP contribution in [0.3, 0.4) is 0 Å². The zero-order valence-electron chi connectivity index (χ0n) is 9.64. The summed E-state index contributed by atoms with van der Waals surface area (Å²) in [6.45, 7) is 0. The molecule has 0 aromatic heterocycles. The van der Waals surface area contributed by atoms with E-state index in [0.29, 0.717) is 0 Å². The second kappa shape index (κ2) is 5.83. The van der Waals surface area contributed by atoms with Gasteiger partial charge in [-0.25, -0.2) is 0 Å². The number of ether oxygens (including phenoxy) is 1. The maximum atomic E-state index is 12.6. The first-order valence-electron chi connectivity index (χ1n) is 4.87. The molecule has 0 saturated carbocycles. The fourth-order valence-corrected chi connectivity index (χ4v) is 1.13. The lowest BCUT2D eigenvalue weighted by Crippen LogP contribution is -2.04. The molecule has 0 radical (unpaired) electrons. The predicted octanol–water partition coefficient (Wildman–Crippen LogP) is 3.21. The Morgan fingerprint density at radius 2 is 1.84 bits per heavy atom. The van der Waals surface area contributed by atoms with Crippen LogP contribution in [0.25, 0.3) is 0 Å². The summed E-state index contributed by atoms with van der Waals surface area (Å²) in [5.41, 5.74) is -1.10. The Bertz CT molecular complexity index is 555. The Kier molecular flexibility index (Phi) is 4.43. The molecule has 0 spiro atoms. The zero-order chi connectivity index (χ0) is 14.5. The summed E-state index contributed by atoms with van der Waals surface area (Å²) in [4.78, 5) is 0. The lowest BCUT2D eigenvalue weighted by molar-refractivity contribution is -0.137. The number of hydrogen-bond acceptors (Lipinski definition) is 5. The minimum atomic E-state index is -4.55. The third-order valence-corrected chi connectivity index (χ3v) is 1.99. The van der Waals surface area contributed by atoms with E-state index in [9.17, 15) is 13.2 Å². The van der Waals surface area contributed by atoms with Gasteiger partial charge in [-0.3, -0.25) is 0 Å². The van der Waals surface area contributed by atoms with E-state index in [1.807, 2.05) is 0 Å². The van der Waals surface area contributed by atoms with E-state index in [1.165, 1.54) is 25.3 Å². The number of nitriles is 2. The SMILES string of the molecule is COc1cc(N=NC(C#N)C#N)cc(C(F)(F)F)c1. The second-order valence-corrected chi connectivity index (χ2v) is 3.29. The molecule has 0 unspecified atom stereocenters. The molecule has 0 bridgehead atoms. The minimum absolute atomic E-state index is 0.0470. The minimum Gasteiger partial charge on any atom is -0.497 e. The summed E-state index contributed by atoms with van der Waals surface area (Å²) in [5.74, 6) is -0.0470. The van der Waals surface area contributed by atoms with Crippen molar-refractivity contribution < 1.29 is 17.9 Å². The number of rotatable bonds is 3. The van der Waals surface area contributed by atoms with Gasteiger partial charge in [-0.15, -0.1) is 0 Å². The topological polar surface area (TPSA) is 81.5 Å². The molecule has 19 heavy (non-hydrogen) atoms. The molecule has 8 heteroatoms. The first-order valence-corrected chi connectivity index (χ1v) is 4.87. The van der Waals surface area contributed by atoms with Gasteiger partial charge in [0.25, 0.3) is 0 Å². The van der Waals surface area contributed by atoms with Crippen LogP contribution in [0.1, 0.15) is 5.56 Å². The summed E-state index contributed by atoms with van der Waals surface area (Å²) in [7, 11) is 1.21. The van der Waals surface area contributed by atoms with Crippen molar-refractivity contribution in [2.75, 3.05) is 7.11 Å². The molecule has 1 aromatic carbocycles. The van der Waals surface area contributed by atoms with Crippen molar-refractivity contribution in [3.8, 4) is 17.9 Å². The van der Waals surface area contributed by atoms with Crippen LogP contribution in [-0.4, -0.2) is 13.2 Å².